The smallest absolute Gasteiger partial charge is 0.238 e. The first-order valence-electron chi connectivity index (χ1n) is 8.36. The van der Waals surface area contributed by atoms with E-state index in [4.69, 9.17) is 11.6 Å². The molecule has 1 unspecified atom stereocenters. The number of carbonyl (C=O) groups excluding carboxylic acids is 1. The molecule has 0 aliphatic carbocycles. The Morgan fingerprint density at radius 2 is 1.96 bits per heavy atom. The maximum absolute atomic E-state index is 12.6. The van der Waals surface area contributed by atoms with Crippen molar-refractivity contribution in [3.63, 3.8) is 0 Å². The average Bonchev–Trinajstić information content (AvgIpc) is 2.68. The molecule has 3 rings (SSSR count). The molecule has 2 aromatic rings. The van der Waals surface area contributed by atoms with Crippen LogP contribution in [0.25, 0.3) is 0 Å². The van der Waals surface area contributed by atoms with E-state index in [1.165, 1.54) is 24.3 Å². The molecule has 1 aliphatic rings. The van der Waals surface area contributed by atoms with Crippen LogP contribution >= 0.6 is 0 Å². The highest BCUT2D eigenvalue weighted by molar-refractivity contribution is 7.89. The molecule has 1 amide bonds. The highest BCUT2D eigenvalue weighted by Crippen LogP contribution is 2.23. The highest BCUT2D eigenvalue weighted by atomic mass is 32.2. The number of hydrogen-bond donors (Lipinski definition) is 2. The number of primary sulfonamides is 1. The van der Waals surface area contributed by atoms with Crippen molar-refractivity contribution in [2.45, 2.75) is 17.7 Å². The van der Waals surface area contributed by atoms with Gasteiger partial charge in [-0.2, -0.15) is 0 Å². The molecule has 1 fully saturated rings. The Labute approximate surface area is 157 Å². The number of nitrogens with zero attached hydrogens (tertiary/aromatic N) is 3. The maximum atomic E-state index is 12.6. The average molecular weight is 385 g/mol. The minimum Gasteiger partial charge on any atom is -0.354 e. The fourth-order valence-electron chi connectivity index (χ4n) is 2.94. The van der Waals surface area contributed by atoms with Crippen LogP contribution in [0.1, 0.15) is 18.5 Å². The molecule has 1 aliphatic heterocycles. The molecule has 0 saturated carbocycles. The second-order valence-corrected chi connectivity index (χ2v) is 7.83. The normalized spacial score (nSPS) is 17.2. The third-order valence-corrected chi connectivity index (χ3v) is 5.29. The number of rotatable bonds is 4. The van der Waals surface area contributed by atoms with Crippen molar-refractivity contribution in [1.29, 1.82) is 0 Å². The lowest BCUT2D eigenvalue weighted by Gasteiger charge is -2.32. The molecule has 2 heterocycles. The van der Waals surface area contributed by atoms with E-state index in [0.29, 0.717) is 23.7 Å². The van der Waals surface area contributed by atoms with Crippen molar-refractivity contribution in [2.24, 2.45) is 11.1 Å². The van der Waals surface area contributed by atoms with Crippen molar-refractivity contribution < 1.29 is 13.2 Å². The summed E-state index contributed by atoms with van der Waals surface area (Å²) in [6.45, 7) is 1.31. The molecule has 140 valence electrons. The van der Waals surface area contributed by atoms with E-state index >= 15 is 0 Å². The first-order chi connectivity index (χ1) is 12.9. The molecule has 8 nitrogen and oxygen atoms in total. The standard InChI is InChI=1S/C18H19N5O3S/c1-2-14-7-10-17(22-21-14)23-11-3-4-13(12-23)18(24)20-15-5-8-16(9-6-15)27(19,25)26/h1,5-10,13H,3-4,11-12H2,(H,20,24)(H2,19,25,26). The first kappa shape index (κ1) is 18.8. The third-order valence-electron chi connectivity index (χ3n) is 4.36. The van der Waals surface area contributed by atoms with Crippen LogP contribution in [0.15, 0.2) is 41.3 Å². The number of terminal acetylenes is 1. The predicted molar refractivity (Wildman–Crippen MR) is 101 cm³/mol. The molecule has 1 atom stereocenters. The number of aromatic nitrogens is 2. The molecular weight excluding hydrogens is 366 g/mol. The van der Waals surface area contributed by atoms with Crippen molar-refractivity contribution in [1.82, 2.24) is 10.2 Å². The van der Waals surface area contributed by atoms with Gasteiger partial charge in [-0.15, -0.1) is 16.6 Å². The van der Waals surface area contributed by atoms with Crippen LogP contribution in [0.4, 0.5) is 11.5 Å². The quantitative estimate of drug-likeness (QED) is 0.757. The summed E-state index contributed by atoms with van der Waals surface area (Å²) < 4.78 is 22.6. The predicted octanol–water partition coefficient (Wildman–Crippen LogP) is 0.960. The Morgan fingerprint density at radius 1 is 1.22 bits per heavy atom. The summed E-state index contributed by atoms with van der Waals surface area (Å²) in [6, 6.07) is 9.28. The van der Waals surface area contributed by atoms with Crippen LogP contribution in [0.2, 0.25) is 0 Å². The Hall–Kier alpha value is -2.96. The van der Waals surface area contributed by atoms with E-state index in [2.05, 4.69) is 21.4 Å². The van der Waals surface area contributed by atoms with Crippen LogP contribution in [0.3, 0.4) is 0 Å². The number of carbonyl (C=O) groups is 1. The van der Waals surface area contributed by atoms with Crippen molar-refractivity contribution >= 4 is 27.4 Å². The minimum absolute atomic E-state index is 0.00155. The van der Waals surface area contributed by atoms with Crippen LogP contribution in [0, 0.1) is 18.3 Å². The number of nitrogens with one attached hydrogen (secondary N) is 1. The zero-order valence-electron chi connectivity index (χ0n) is 14.5. The summed E-state index contributed by atoms with van der Waals surface area (Å²) in [7, 11) is -3.76. The van der Waals surface area contributed by atoms with Gasteiger partial charge in [0, 0.05) is 18.8 Å². The van der Waals surface area contributed by atoms with E-state index in [0.717, 1.165) is 19.4 Å². The Bertz CT molecular complexity index is 966. The summed E-state index contributed by atoms with van der Waals surface area (Å²) in [6.07, 6.45) is 6.89. The fraction of sp³-hybridized carbons (Fsp3) is 0.278. The largest absolute Gasteiger partial charge is 0.354 e. The van der Waals surface area contributed by atoms with Gasteiger partial charge in [-0.3, -0.25) is 4.79 Å². The lowest BCUT2D eigenvalue weighted by Crippen LogP contribution is -2.41. The van der Waals surface area contributed by atoms with E-state index in [-0.39, 0.29) is 16.7 Å². The molecule has 3 N–H and O–H groups in total. The van der Waals surface area contributed by atoms with Crippen LogP contribution in [0.5, 0.6) is 0 Å². The SMILES string of the molecule is C#Cc1ccc(N2CCCC(C(=O)Nc3ccc(S(N)(=O)=O)cc3)C2)nn1. The van der Waals surface area contributed by atoms with E-state index in [1.54, 1.807) is 12.1 Å². The Balaban J connectivity index is 1.65. The van der Waals surface area contributed by atoms with E-state index in [1.807, 2.05) is 4.90 Å². The Kier molecular flexibility index (Phi) is 5.39. The van der Waals surface area contributed by atoms with E-state index in [9.17, 15) is 13.2 Å². The zero-order valence-corrected chi connectivity index (χ0v) is 15.3. The van der Waals surface area contributed by atoms with Crippen molar-refractivity contribution in [3.05, 3.63) is 42.1 Å². The van der Waals surface area contributed by atoms with Crippen molar-refractivity contribution in [3.8, 4) is 12.3 Å². The molecule has 0 spiro atoms. The monoisotopic (exact) mass is 385 g/mol. The second kappa shape index (κ2) is 7.73. The molecular formula is C18H19N5O3S. The highest BCUT2D eigenvalue weighted by Gasteiger charge is 2.27. The number of amides is 1. The lowest BCUT2D eigenvalue weighted by molar-refractivity contribution is -0.120. The lowest BCUT2D eigenvalue weighted by atomic mass is 9.97. The number of benzene rings is 1. The summed E-state index contributed by atoms with van der Waals surface area (Å²) in [5.41, 5.74) is 0.982. The first-order valence-corrected chi connectivity index (χ1v) is 9.90. The van der Waals surface area contributed by atoms with Gasteiger partial charge in [-0.25, -0.2) is 13.6 Å². The summed E-state index contributed by atoms with van der Waals surface area (Å²) >= 11 is 0. The fourth-order valence-corrected chi connectivity index (χ4v) is 3.46. The van der Waals surface area contributed by atoms with Gasteiger partial charge in [0.2, 0.25) is 15.9 Å². The van der Waals surface area contributed by atoms with Gasteiger partial charge < -0.3 is 10.2 Å². The summed E-state index contributed by atoms with van der Waals surface area (Å²) in [4.78, 5) is 14.6. The van der Waals surface area contributed by atoms with Crippen LogP contribution in [-0.2, 0) is 14.8 Å². The van der Waals surface area contributed by atoms with Gasteiger partial charge in [0.25, 0.3) is 0 Å². The molecule has 0 bridgehead atoms. The van der Waals surface area contributed by atoms with Crippen LogP contribution < -0.4 is 15.4 Å². The zero-order chi connectivity index (χ0) is 19.4. The van der Waals surface area contributed by atoms with E-state index < -0.39 is 10.0 Å². The van der Waals surface area contributed by atoms with Crippen molar-refractivity contribution in [2.75, 3.05) is 23.3 Å². The molecule has 9 heteroatoms. The van der Waals surface area contributed by atoms with Gasteiger partial charge >= 0.3 is 0 Å². The molecule has 27 heavy (non-hydrogen) atoms. The van der Waals surface area contributed by atoms with Gasteiger partial charge in [0.1, 0.15) is 5.69 Å². The molecule has 1 saturated heterocycles. The summed E-state index contributed by atoms with van der Waals surface area (Å²) in [5, 5.41) is 16.0. The number of piperidine rings is 1. The molecule has 1 aromatic heterocycles. The topological polar surface area (TPSA) is 118 Å². The third kappa shape index (κ3) is 4.61. The molecule has 1 aromatic carbocycles. The van der Waals surface area contributed by atoms with Gasteiger partial charge in [0.15, 0.2) is 5.82 Å². The summed E-state index contributed by atoms with van der Waals surface area (Å²) in [5.74, 6) is 2.76. The number of anilines is 2. The van der Waals surface area contributed by atoms with Gasteiger partial charge in [-0.1, -0.05) is 0 Å². The molecule has 0 radical (unpaired) electrons. The maximum Gasteiger partial charge on any atom is 0.238 e. The number of nitrogens with two attached hydrogens (primary N) is 1. The number of sulfonamides is 1. The number of hydrogen-bond acceptors (Lipinski definition) is 6. The minimum atomic E-state index is -3.76. The van der Waals surface area contributed by atoms with Gasteiger partial charge in [-0.05, 0) is 55.2 Å². The van der Waals surface area contributed by atoms with Gasteiger partial charge in [0.05, 0.1) is 10.8 Å². The second-order valence-electron chi connectivity index (χ2n) is 6.26. The Morgan fingerprint density at radius 3 is 2.56 bits per heavy atom. The van der Waals surface area contributed by atoms with Crippen LogP contribution in [-0.4, -0.2) is 37.6 Å².